The van der Waals surface area contributed by atoms with E-state index in [2.05, 4.69) is 34.6 Å². The topological polar surface area (TPSA) is 42.0 Å². The average molecular weight is 377 g/mol. The van der Waals surface area contributed by atoms with Crippen LogP contribution in [0.15, 0.2) is 53.4 Å². The number of hydrogen-bond donors (Lipinski definition) is 1. The van der Waals surface area contributed by atoms with Gasteiger partial charge in [0.05, 0.1) is 21.5 Å². The van der Waals surface area contributed by atoms with Crippen molar-refractivity contribution in [3.63, 3.8) is 0 Å². The van der Waals surface area contributed by atoms with E-state index >= 15 is 0 Å². The Kier molecular flexibility index (Phi) is 5.29. The molecule has 0 saturated carbocycles. The number of thioether (sulfide) groups is 1. The summed E-state index contributed by atoms with van der Waals surface area (Å²) in [5.74, 6) is 0.449. The molecule has 6 heteroatoms. The number of fused-ring (bicyclic) bond motifs is 1. The van der Waals surface area contributed by atoms with Gasteiger partial charge < -0.3 is 5.32 Å². The molecule has 2 aromatic carbocycles. The zero-order chi connectivity index (χ0) is 17.1. The van der Waals surface area contributed by atoms with Gasteiger partial charge >= 0.3 is 0 Å². The molecule has 24 heavy (non-hydrogen) atoms. The first kappa shape index (κ1) is 17.1. The Hall–Kier alpha value is -1.75. The first-order valence-electron chi connectivity index (χ1n) is 7.27. The lowest BCUT2D eigenvalue weighted by atomic mass is 10.1. The van der Waals surface area contributed by atoms with Crippen molar-refractivity contribution in [3.05, 3.63) is 64.3 Å². The van der Waals surface area contributed by atoms with Crippen molar-refractivity contribution < 1.29 is 4.79 Å². The predicted octanol–water partition coefficient (Wildman–Crippen LogP) is 5.58. The quantitative estimate of drug-likeness (QED) is 0.604. The summed E-state index contributed by atoms with van der Waals surface area (Å²) in [5.41, 5.74) is 0.624. The third-order valence-electron chi connectivity index (χ3n) is 3.45. The highest BCUT2D eigenvalue weighted by Crippen LogP contribution is 2.27. The molecule has 0 aliphatic heterocycles. The van der Waals surface area contributed by atoms with E-state index in [9.17, 15) is 4.79 Å². The van der Waals surface area contributed by atoms with Crippen LogP contribution in [0.2, 0.25) is 10.0 Å². The van der Waals surface area contributed by atoms with E-state index in [1.165, 1.54) is 17.1 Å². The van der Waals surface area contributed by atoms with Crippen molar-refractivity contribution in [1.29, 1.82) is 0 Å². The number of pyridine rings is 1. The highest BCUT2D eigenvalue weighted by Gasteiger charge is 2.10. The summed E-state index contributed by atoms with van der Waals surface area (Å²) in [6.45, 7) is 1.76. The van der Waals surface area contributed by atoms with Gasteiger partial charge in [-0.05, 0) is 35.9 Å². The van der Waals surface area contributed by atoms with E-state index in [0.29, 0.717) is 21.6 Å². The Balaban J connectivity index is 1.65. The summed E-state index contributed by atoms with van der Waals surface area (Å²) in [7, 11) is 0. The molecule has 0 bridgehead atoms. The molecule has 1 N–H and O–H groups in total. The fourth-order valence-electron chi connectivity index (χ4n) is 2.22. The van der Waals surface area contributed by atoms with Gasteiger partial charge in [-0.2, -0.15) is 0 Å². The van der Waals surface area contributed by atoms with Crippen molar-refractivity contribution in [1.82, 2.24) is 4.98 Å². The van der Waals surface area contributed by atoms with Crippen LogP contribution in [-0.4, -0.2) is 16.6 Å². The van der Waals surface area contributed by atoms with Crippen molar-refractivity contribution in [2.45, 2.75) is 11.8 Å². The number of hydrogen-bond acceptors (Lipinski definition) is 3. The van der Waals surface area contributed by atoms with Gasteiger partial charge in [0.15, 0.2) is 5.82 Å². The fourth-order valence-corrected chi connectivity index (χ4v) is 3.37. The number of benzene rings is 2. The van der Waals surface area contributed by atoms with Gasteiger partial charge in [0.25, 0.3) is 0 Å². The Morgan fingerprint density at radius 2 is 1.83 bits per heavy atom. The molecule has 122 valence electrons. The Bertz CT molecular complexity index is 915. The number of aromatic nitrogens is 1. The molecule has 0 aliphatic carbocycles. The normalized spacial score (nSPS) is 10.8. The number of anilines is 1. The molecule has 3 aromatic rings. The number of carbonyl (C=O) groups is 1. The van der Waals surface area contributed by atoms with Gasteiger partial charge in [-0.25, -0.2) is 4.98 Å². The third-order valence-corrected chi connectivity index (χ3v) is 5.12. The van der Waals surface area contributed by atoms with E-state index < -0.39 is 0 Å². The maximum absolute atomic E-state index is 12.1. The Morgan fingerprint density at radius 3 is 2.62 bits per heavy atom. The third kappa shape index (κ3) is 4.01. The summed E-state index contributed by atoms with van der Waals surface area (Å²) in [6.07, 6.45) is 0. The van der Waals surface area contributed by atoms with Gasteiger partial charge in [0, 0.05) is 4.90 Å². The average Bonchev–Trinajstić information content (AvgIpc) is 2.57. The van der Waals surface area contributed by atoms with Crippen molar-refractivity contribution in [2.75, 3.05) is 11.1 Å². The maximum Gasteiger partial charge on any atom is 0.235 e. The molecule has 1 amide bonds. The number of nitrogens with zero attached hydrogens (tertiary/aromatic N) is 1. The molecule has 0 unspecified atom stereocenters. The molecular weight excluding hydrogens is 363 g/mol. The van der Waals surface area contributed by atoms with Gasteiger partial charge in [0.1, 0.15) is 0 Å². The fraction of sp³-hybridized carbons (Fsp3) is 0.111. The van der Waals surface area contributed by atoms with E-state index in [1.807, 2.05) is 18.2 Å². The van der Waals surface area contributed by atoms with E-state index in [-0.39, 0.29) is 11.7 Å². The lowest BCUT2D eigenvalue weighted by Crippen LogP contribution is -2.15. The van der Waals surface area contributed by atoms with Crippen molar-refractivity contribution >= 4 is 57.5 Å². The monoisotopic (exact) mass is 376 g/mol. The zero-order valence-corrected chi connectivity index (χ0v) is 15.2. The van der Waals surface area contributed by atoms with Crippen molar-refractivity contribution in [2.24, 2.45) is 0 Å². The first-order valence-corrected chi connectivity index (χ1v) is 9.01. The molecule has 0 radical (unpaired) electrons. The minimum absolute atomic E-state index is 0.163. The molecule has 0 fully saturated rings. The smallest absolute Gasteiger partial charge is 0.235 e. The number of carbonyl (C=O) groups excluding carboxylic acids is 1. The summed E-state index contributed by atoms with van der Waals surface area (Å²) in [6, 6.07) is 15.8. The van der Waals surface area contributed by atoms with Gasteiger partial charge in [-0.3, -0.25) is 4.79 Å². The molecule has 3 nitrogen and oxygen atoms in total. The first-order chi connectivity index (χ1) is 11.5. The zero-order valence-electron chi connectivity index (χ0n) is 12.8. The van der Waals surface area contributed by atoms with Crippen LogP contribution in [0.25, 0.3) is 10.8 Å². The van der Waals surface area contributed by atoms with Crippen molar-refractivity contribution in [3.8, 4) is 0 Å². The lowest BCUT2D eigenvalue weighted by molar-refractivity contribution is -0.113. The SMILES string of the molecule is Cc1nc(NC(=O)CSc2ccc3ccccc3c2)c(Cl)cc1Cl. The lowest BCUT2D eigenvalue weighted by Gasteiger charge is -2.08. The molecule has 0 saturated heterocycles. The van der Waals surface area contributed by atoms with Crippen LogP contribution in [0.3, 0.4) is 0 Å². The van der Waals surface area contributed by atoms with Gasteiger partial charge in [-0.1, -0.05) is 53.5 Å². The summed E-state index contributed by atoms with van der Waals surface area (Å²) < 4.78 is 0. The molecule has 1 heterocycles. The van der Waals surface area contributed by atoms with Crippen LogP contribution < -0.4 is 5.32 Å². The minimum Gasteiger partial charge on any atom is -0.309 e. The second kappa shape index (κ2) is 7.43. The molecule has 3 rings (SSSR count). The van der Waals surface area contributed by atoms with E-state index in [1.54, 1.807) is 13.0 Å². The summed E-state index contributed by atoms with van der Waals surface area (Å²) in [4.78, 5) is 17.4. The second-order valence-corrected chi connectivity index (χ2v) is 7.09. The number of aryl methyl sites for hydroxylation is 1. The number of nitrogens with one attached hydrogen (secondary N) is 1. The van der Waals surface area contributed by atoms with E-state index in [4.69, 9.17) is 23.2 Å². The van der Waals surface area contributed by atoms with Crippen LogP contribution in [-0.2, 0) is 4.79 Å². The standard InChI is InChI=1S/C18H14Cl2N2OS/c1-11-15(19)9-16(20)18(21-11)22-17(23)10-24-14-7-6-12-4-2-3-5-13(12)8-14/h2-9H,10H2,1H3,(H,21,22,23). The maximum atomic E-state index is 12.1. The largest absolute Gasteiger partial charge is 0.309 e. The number of rotatable bonds is 4. The summed E-state index contributed by atoms with van der Waals surface area (Å²) >= 11 is 13.5. The minimum atomic E-state index is -0.163. The molecule has 0 spiro atoms. The number of amides is 1. The van der Waals surface area contributed by atoms with Crippen LogP contribution in [0, 0.1) is 6.92 Å². The predicted molar refractivity (Wildman–Crippen MR) is 102 cm³/mol. The van der Waals surface area contributed by atoms with Crippen LogP contribution >= 0.6 is 35.0 Å². The Morgan fingerprint density at radius 1 is 1.08 bits per heavy atom. The summed E-state index contributed by atoms with van der Waals surface area (Å²) in [5, 5.41) is 5.86. The molecule has 1 aromatic heterocycles. The molecule has 0 atom stereocenters. The highest BCUT2D eigenvalue weighted by molar-refractivity contribution is 8.00. The van der Waals surface area contributed by atoms with Crippen LogP contribution in [0.4, 0.5) is 5.82 Å². The number of halogens is 2. The van der Waals surface area contributed by atoms with E-state index in [0.717, 1.165) is 10.3 Å². The Labute approximate surface area is 154 Å². The van der Waals surface area contributed by atoms with Crippen LogP contribution in [0.5, 0.6) is 0 Å². The van der Waals surface area contributed by atoms with Gasteiger partial charge in [0.2, 0.25) is 5.91 Å². The molecule has 0 aliphatic rings. The second-order valence-electron chi connectivity index (χ2n) is 5.23. The highest BCUT2D eigenvalue weighted by atomic mass is 35.5. The molecular formula is C18H14Cl2N2OS. The van der Waals surface area contributed by atoms with Gasteiger partial charge in [-0.15, -0.1) is 11.8 Å². The van der Waals surface area contributed by atoms with Crippen LogP contribution in [0.1, 0.15) is 5.69 Å².